The molecule has 0 saturated carbocycles. The molecule has 1 heterocycles. The summed E-state index contributed by atoms with van der Waals surface area (Å²) in [4.78, 5) is 0. The molecule has 0 aromatic heterocycles. The number of allylic oxidation sites excluding steroid dienone is 2. The summed E-state index contributed by atoms with van der Waals surface area (Å²) in [6.07, 6.45) is 10.6. The molecule has 0 aromatic carbocycles. The van der Waals surface area contributed by atoms with Crippen LogP contribution >= 0.6 is 0 Å². The van der Waals surface area contributed by atoms with E-state index in [1.165, 1.54) is 0 Å². The number of nitrogens with two attached hydrogens (primary N) is 1. The van der Waals surface area contributed by atoms with E-state index in [4.69, 9.17) is 15.6 Å². The molecule has 0 aliphatic carbocycles. The molecule has 25 heavy (non-hydrogen) atoms. The van der Waals surface area contributed by atoms with Crippen molar-refractivity contribution in [3.8, 4) is 0 Å². The highest BCUT2D eigenvalue weighted by molar-refractivity contribution is 7.88. The number of amidine groups is 1. The normalized spacial score (nSPS) is 16.6. The molecular weight excluding hydrogens is 342 g/mol. The van der Waals surface area contributed by atoms with Crippen molar-refractivity contribution in [2.24, 2.45) is 10.1 Å². The minimum absolute atomic E-state index is 0.124. The Morgan fingerprint density at radius 2 is 1.84 bits per heavy atom. The maximum atomic E-state index is 11.6. The fourth-order valence-corrected chi connectivity index (χ4v) is 3.31. The average molecular weight is 372 g/mol. The Morgan fingerprint density at radius 3 is 2.44 bits per heavy atom. The number of ether oxygens (including phenoxy) is 1. The van der Waals surface area contributed by atoms with Gasteiger partial charge in [-0.2, -0.15) is 8.42 Å². The third-order valence-electron chi connectivity index (χ3n) is 3.67. The topological polar surface area (TPSA) is 114 Å². The summed E-state index contributed by atoms with van der Waals surface area (Å²) < 4.78 is 34.6. The molecule has 1 aliphatic rings. The Morgan fingerprint density at radius 1 is 1.24 bits per heavy atom. The van der Waals surface area contributed by atoms with E-state index in [0.717, 1.165) is 44.9 Å². The molecule has 0 spiro atoms. The number of rotatable bonds is 12. The fraction of sp³-hybridized carbons (Fsp3) is 0.588. The summed E-state index contributed by atoms with van der Waals surface area (Å²) in [5, 5.41) is 8.71. The van der Waals surface area contributed by atoms with Crippen LogP contribution < -0.4 is 10.5 Å². The van der Waals surface area contributed by atoms with Gasteiger partial charge in [-0.25, -0.2) is 0 Å². The third-order valence-corrected chi connectivity index (χ3v) is 4.59. The lowest BCUT2D eigenvalue weighted by Gasteiger charge is -2.20. The van der Waals surface area contributed by atoms with Gasteiger partial charge in [0.1, 0.15) is 5.76 Å². The maximum Gasteiger partial charge on any atom is 0.344 e. The van der Waals surface area contributed by atoms with Gasteiger partial charge in [-0.15, -0.1) is 4.40 Å². The summed E-state index contributed by atoms with van der Waals surface area (Å²) in [6.45, 7) is 6.37. The summed E-state index contributed by atoms with van der Waals surface area (Å²) in [5.74, 6) is 0.181. The van der Waals surface area contributed by atoms with Crippen LogP contribution in [0.1, 0.15) is 51.9 Å². The molecule has 8 heteroatoms. The third kappa shape index (κ3) is 7.74. The SMILES string of the molecule is C=C(OCCCCCCCCCO)C1=C(/C=C\C)NS(=O)(=O)N=C1N. The van der Waals surface area contributed by atoms with Gasteiger partial charge in [0.05, 0.1) is 17.9 Å². The predicted octanol–water partition coefficient (Wildman–Crippen LogP) is 2.28. The Labute approximate surface area is 150 Å². The van der Waals surface area contributed by atoms with E-state index in [1.54, 1.807) is 19.1 Å². The Kier molecular flexibility index (Phi) is 9.30. The molecule has 0 atom stereocenters. The van der Waals surface area contributed by atoms with E-state index < -0.39 is 10.2 Å². The van der Waals surface area contributed by atoms with Crippen LogP contribution in [0.4, 0.5) is 0 Å². The molecule has 4 N–H and O–H groups in total. The molecule has 7 nitrogen and oxygen atoms in total. The van der Waals surface area contributed by atoms with Gasteiger partial charge in [0, 0.05) is 6.61 Å². The number of nitrogens with zero attached hydrogens (tertiary/aromatic N) is 1. The van der Waals surface area contributed by atoms with Gasteiger partial charge >= 0.3 is 10.2 Å². The fourth-order valence-electron chi connectivity index (χ4n) is 2.47. The number of hydrogen-bond acceptors (Lipinski definition) is 5. The lowest BCUT2D eigenvalue weighted by molar-refractivity contribution is 0.215. The van der Waals surface area contributed by atoms with E-state index in [2.05, 4.69) is 15.7 Å². The van der Waals surface area contributed by atoms with Crippen LogP contribution in [0.2, 0.25) is 0 Å². The minimum Gasteiger partial charge on any atom is -0.493 e. The highest BCUT2D eigenvalue weighted by Crippen LogP contribution is 2.20. The van der Waals surface area contributed by atoms with Crippen LogP contribution in [0.3, 0.4) is 0 Å². The molecule has 0 fully saturated rings. The number of unbranched alkanes of at least 4 members (excludes halogenated alkanes) is 6. The van der Waals surface area contributed by atoms with E-state index in [1.807, 2.05) is 0 Å². The van der Waals surface area contributed by atoms with E-state index >= 15 is 0 Å². The summed E-state index contributed by atoms with van der Waals surface area (Å²) in [5.41, 5.74) is 6.45. The first-order valence-electron chi connectivity index (χ1n) is 8.59. The molecule has 0 unspecified atom stereocenters. The first-order valence-corrected chi connectivity index (χ1v) is 10.0. The number of aliphatic hydroxyl groups is 1. The lowest BCUT2D eigenvalue weighted by Crippen LogP contribution is -2.33. The lowest BCUT2D eigenvalue weighted by atomic mass is 10.1. The van der Waals surface area contributed by atoms with Crippen LogP contribution in [-0.4, -0.2) is 32.6 Å². The molecule has 0 radical (unpaired) electrons. The monoisotopic (exact) mass is 371 g/mol. The summed E-state index contributed by atoms with van der Waals surface area (Å²) in [7, 11) is -3.82. The van der Waals surface area contributed by atoms with Crippen molar-refractivity contribution in [3.05, 3.63) is 35.8 Å². The van der Waals surface area contributed by atoms with Gasteiger partial charge in [0.2, 0.25) is 0 Å². The largest absolute Gasteiger partial charge is 0.493 e. The first kappa shape index (κ1) is 21.2. The zero-order valence-electron chi connectivity index (χ0n) is 14.8. The first-order chi connectivity index (χ1) is 11.9. The van der Waals surface area contributed by atoms with Crippen LogP contribution in [0.5, 0.6) is 0 Å². The van der Waals surface area contributed by atoms with Crippen molar-refractivity contribution in [2.75, 3.05) is 13.2 Å². The predicted molar refractivity (Wildman–Crippen MR) is 100 cm³/mol. The molecule has 1 rings (SSSR count). The zero-order valence-corrected chi connectivity index (χ0v) is 15.6. The van der Waals surface area contributed by atoms with Gasteiger partial charge in [-0.1, -0.05) is 44.8 Å². The van der Waals surface area contributed by atoms with Crippen molar-refractivity contribution in [1.29, 1.82) is 0 Å². The highest BCUT2D eigenvalue weighted by atomic mass is 32.2. The average Bonchev–Trinajstić information content (AvgIpc) is 2.52. The van der Waals surface area contributed by atoms with Crippen LogP contribution in [0.15, 0.2) is 40.2 Å². The second-order valence-corrected chi connectivity index (χ2v) is 7.15. The van der Waals surface area contributed by atoms with Crippen molar-refractivity contribution in [2.45, 2.75) is 51.9 Å². The Balaban J connectivity index is 2.44. The second kappa shape index (κ2) is 10.9. The smallest absolute Gasteiger partial charge is 0.344 e. The Hall–Kier alpha value is -1.80. The highest BCUT2D eigenvalue weighted by Gasteiger charge is 2.25. The molecule has 142 valence electrons. The van der Waals surface area contributed by atoms with Crippen molar-refractivity contribution < 1.29 is 18.3 Å². The number of hydrogen-bond donors (Lipinski definition) is 3. The minimum atomic E-state index is -3.82. The van der Waals surface area contributed by atoms with Crippen LogP contribution in [0.25, 0.3) is 0 Å². The maximum absolute atomic E-state index is 11.6. The summed E-state index contributed by atoms with van der Waals surface area (Å²) in [6, 6.07) is 0. The second-order valence-electron chi connectivity index (χ2n) is 5.81. The summed E-state index contributed by atoms with van der Waals surface area (Å²) >= 11 is 0. The molecule has 0 bridgehead atoms. The van der Waals surface area contributed by atoms with Crippen molar-refractivity contribution in [1.82, 2.24) is 4.72 Å². The van der Waals surface area contributed by atoms with Crippen LogP contribution in [-0.2, 0) is 14.9 Å². The molecule has 0 amide bonds. The van der Waals surface area contributed by atoms with Gasteiger partial charge in [0.15, 0.2) is 5.84 Å². The van der Waals surface area contributed by atoms with E-state index in [9.17, 15) is 8.42 Å². The number of aliphatic hydroxyl groups excluding tert-OH is 1. The molecule has 1 aliphatic heterocycles. The molecular formula is C17H29N3O4S. The van der Waals surface area contributed by atoms with E-state index in [0.29, 0.717) is 23.6 Å². The molecule has 0 saturated heterocycles. The van der Waals surface area contributed by atoms with Crippen molar-refractivity contribution in [3.63, 3.8) is 0 Å². The molecule has 0 aromatic rings. The van der Waals surface area contributed by atoms with Gasteiger partial charge in [0.25, 0.3) is 0 Å². The van der Waals surface area contributed by atoms with Crippen molar-refractivity contribution >= 4 is 16.0 Å². The van der Waals surface area contributed by atoms with Crippen LogP contribution in [0, 0.1) is 0 Å². The Bertz CT molecular complexity index is 636. The van der Waals surface area contributed by atoms with Gasteiger partial charge in [-0.3, -0.25) is 4.72 Å². The van der Waals surface area contributed by atoms with Gasteiger partial charge < -0.3 is 15.6 Å². The number of nitrogens with one attached hydrogen (secondary N) is 1. The van der Waals surface area contributed by atoms with E-state index in [-0.39, 0.29) is 12.4 Å². The quantitative estimate of drug-likeness (QED) is 0.360. The zero-order chi connectivity index (χ0) is 18.7. The van der Waals surface area contributed by atoms with Gasteiger partial charge in [-0.05, 0) is 25.8 Å². The standard InChI is InChI=1S/C17H29N3O4S/c1-3-11-15-16(17(18)20-25(22,23)19-15)14(2)24-13-10-8-6-4-5-7-9-12-21/h3,11,19,21H,2,4-10,12-13H2,1H3,(H2,18,20)/b11-3-.